The quantitative estimate of drug-likeness (QED) is 0.842. The van der Waals surface area contributed by atoms with Gasteiger partial charge in [-0.15, -0.1) is 11.8 Å². The van der Waals surface area contributed by atoms with Crippen molar-refractivity contribution in [2.24, 2.45) is 0 Å². The molecule has 1 N–H and O–H groups in total. The summed E-state index contributed by atoms with van der Waals surface area (Å²) in [5.74, 6) is 0.492. The van der Waals surface area contributed by atoms with Crippen LogP contribution in [-0.2, 0) is 12.8 Å². The van der Waals surface area contributed by atoms with Gasteiger partial charge in [0.15, 0.2) is 0 Å². The van der Waals surface area contributed by atoms with Crippen LogP contribution in [0, 0.1) is 0 Å². The van der Waals surface area contributed by atoms with Crippen LogP contribution in [0.25, 0.3) is 0 Å². The van der Waals surface area contributed by atoms with Crippen molar-refractivity contribution in [2.75, 3.05) is 13.1 Å². The van der Waals surface area contributed by atoms with E-state index in [-0.39, 0.29) is 0 Å². The summed E-state index contributed by atoms with van der Waals surface area (Å²) in [6, 6.07) is 6.66. The Hall–Kier alpha value is -0.930. The number of nitrogens with zero attached hydrogens (tertiary/aromatic N) is 1. The molecular weight excluding hydrogens is 290 g/mol. The lowest BCUT2D eigenvalue weighted by molar-refractivity contribution is 0.177. The molecule has 0 amide bonds. The lowest BCUT2D eigenvalue weighted by Gasteiger charge is -2.35. The number of hydrogen-bond donors (Lipinski definition) is 1. The normalized spacial score (nSPS) is 23.9. The van der Waals surface area contributed by atoms with Gasteiger partial charge in [-0.2, -0.15) is 0 Å². The van der Waals surface area contributed by atoms with Gasteiger partial charge in [-0.25, -0.2) is 0 Å². The van der Waals surface area contributed by atoms with Crippen LogP contribution in [-0.4, -0.2) is 34.4 Å². The number of fused-ring (bicyclic) bond motifs is 1. The minimum Gasteiger partial charge on any atom is -0.508 e. The summed E-state index contributed by atoms with van der Waals surface area (Å²) in [7, 11) is 0. The van der Waals surface area contributed by atoms with Gasteiger partial charge in [0.25, 0.3) is 0 Å². The number of benzene rings is 1. The molecule has 0 fully saturated rings. The summed E-state index contributed by atoms with van der Waals surface area (Å²) in [6.45, 7) is 4.69. The maximum absolute atomic E-state index is 10.0. The molecule has 2 atom stereocenters. The molecule has 120 valence electrons. The van der Waals surface area contributed by atoms with Gasteiger partial charge in [-0.3, -0.25) is 0 Å². The van der Waals surface area contributed by atoms with E-state index in [2.05, 4.69) is 29.4 Å². The van der Waals surface area contributed by atoms with Crippen molar-refractivity contribution < 1.29 is 5.11 Å². The minimum absolute atomic E-state index is 0.492. The average Bonchev–Trinajstić information content (AvgIpc) is 3.05. The summed E-state index contributed by atoms with van der Waals surface area (Å²) in [6.07, 6.45) is 9.36. The van der Waals surface area contributed by atoms with E-state index in [1.54, 1.807) is 0 Å². The molecule has 3 heteroatoms. The van der Waals surface area contributed by atoms with Gasteiger partial charge in [0.1, 0.15) is 5.75 Å². The fraction of sp³-hybridized carbons (Fsp3) is 0.579. The molecule has 3 rings (SSSR count). The van der Waals surface area contributed by atoms with Gasteiger partial charge < -0.3 is 10.0 Å². The number of aromatic hydroxyl groups is 1. The average molecular weight is 317 g/mol. The summed E-state index contributed by atoms with van der Waals surface area (Å²) < 4.78 is 0. The van der Waals surface area contributed by atoms with E-state index >= 15 is 0 Å². The largest absolute Gasteiger partial charge is 0.508 e. The highest BCUT2D eigenvalue weighted by Crippen LogP contribution is 2.32. The second kappa shape index (κ2) is 7.56. The Morgan fingerprint density at radius 2 is 2.23 bits per heavy atom. The van der Waals surface area contributed by atoms with E-state index in [0.717, 1.165) is 18.1 Å². The van der Waals surface area contributed by atoms with Crippen molar-refractivity contribution in [2.45, 2.75) is 56.7 Å². The summed E-state index contributed by atoms with van der Waals surface area (Å²) in [5, 5.41) is 13.1. The Kier molecular flexibility index (Phi) is 5.48. The lowest BCUT2D eigenvalue weighted by Crippen LogP contribution is -2.41. The molecule has 2 nitrogen and oxygen atoms in total. The fourth-order valence-corrected chi connectivity index (χ4v) is 4.68. The van der Waals surface area contributed by atoms with Crippen molar-refractivity contribution in [3.05, 3.63) is 40.8 Å². The van der Waals surface area contributed by atoms with E-state index in [0.29, 0.717) is 11.8 Å². The van der Waals surface area contributed by atoms with E-state index in [1.165, 1.54) is 49.9 Å². The number of allylic oxidation sites excluding steroid dienone is 1. The van der Waals surface area contributed by atoms with Crippen LogP contribution >= 0.6 is 11.8 Å². The molecule has 1 heterocycles. The van der Waals surface area contributed by atoms with Crippen LogP contribution in [0.4, 0.5) is 0 Å². The van der Waals surface area contributed by atoms with Crippen molar-refractivity contribution in [3.8, 4) is 5.75 Å². The van der Waals surface area contributed by atoms with E-state index < -0.39 is 0 Å². The van der Waals surface area contributed by atoms with Crippen molar-refractivity contribution >= 4 is 11.8 Å². The zero-order valence-corrected chi connectivity index (χ0v) is 14.3. The fourth-order valence-electron chi connectivity index (χ4n) is 3.77. The van der Waals surface area contributed by atoms with E-state index in [9.17, 15) is 5.11 Å². The summed E-state index contributed by atoms with van der Waals surface area (Å²) in [5.41, 5.74) is 2.54. The molecule has 2 unspecified atom stereocenters. The SMILES string of the molecule is CCCN(CCC1CC=CS1)C1CCc2c(O)cccc2C1. The lowest BCUT2D eigenvalue weighted by atomic mass is 9.86. The van der Waals surface area contributed by atoms with Crippen LogP contribution in [0.15, 0.2) is 29.7 Å². The van der Waals surface area contributed by atoms with Crippen LogP contribution < -0.4 is 0 Å². The van der Waals surface area contributed by atoms with Gasteiger partial charge >= 0.3 is 0 Å². The Bertz CT molecular complexity index is 520. The third kappa shape index (κ3) is 3.69. The topological polar surface area (TPSA) is 23.5 Å². The monoisotopic (exact) mass is 317 g/mol. The molecule has 1 aliphatic heterocycles. The molecule has 0 aromatic heterocycles. The zero-order valence-electron chi connectivity index (χ0n) is 13.5. The molecule has 1 aromatic carbocycles. The maximum atomic E-state index is 10.0. The summed E-state index contributed by atoms with van der Waals surface area (Å²) >= 11 is 2.00. The minimum atomic E-state index is 0.492. The Morgan fingerprint density at radius 3 is 3.00 bits per heavy atom. The van der Waals surface area contributed by atoms with Crippen LogP contribution in [0.3, 0.4) is 0 Å². The van der Waals surface area contributed by atoms with Crippen LogP contribution in [0.1, 0.15) is 43.7 Å². The first-order chi connectivity index (χ1) is 10.8. The van der Waals surface area contributed by atoms with Gasteiger partial charge in [0.2, 0.25) is 0 Å². The number of thioether (sulfide) groups is 1. The molecular formula is C19H27NOS. The second-order valence-corrected chi connectivity index (χ2v) is 7.71. The predicted molar refractivity (Wildman–Crippen MR) is 95.5 cm³/mol. The van der Waals surface area contributed by atoms with Gasteiger partial charge in [-0.1, -0.05) is 25.1 Å². The molecule has 22 heavy (non-hydrogen) atoms. The molecule has 1 aliphatic carbocycles. The Balaban J connectivity index is 1.62. The first-order valence-corrected chi connectivity index (χ1v) is 9.56. The van der Waals surface area contributed by atoms with Gasteiger partial charge in [-0.05, 0) is 74.2 Å². The standard InChI is InChI=1S/C19H27NOS/c1-2-11-20(12-10-17-6-4-13-22-17)16-8-9-18-15(14-16)5-3-7-19(18)21/h3-5,7,13,16-17,21H,2,6,8-12,14H2,1H3. The van der Waals surface area contributed by atoms with Crippen molar-refractivity contribution in [3.63, 3.8) is 0 Å². The van der Waals surface area contributed by atoms with Crippen LogP contribution in [0.5, 0.6) is 5.75 Å². The molecule has 0 saturated heterocycles. The molecule has 2 aliphatic rings. The summed E-state index contributed by atoms with van der Waals surface area (Å²) in [4.78, 5) is 2.70. The predicted octanol–water partition coefficient (Wildman–Crippen LogP) is 4.37. The van der Waals surface area contributed by atoms with E-state index in [1.807, 2.05) is 23.9 Å². The third-order valence-electron chi connectivity index (χ3n) is 4.96. The molecule has 1 aromatic rings. The highest BCUT2D eigenvalue weighted by molar-refractivity contribution is 8.03. The molecule has 0 radical (unpaired) electrons. The Morgan fingerprint density at radius 1 is 1.32 bits per heavy atom. The smallest absolute Gasteiger partial charge is 0.119 e. The van der Waals surface area contributed by atoms with Crippen LogP contribution in [0.2, 0.25) is 0 Å². The molecule has 0 saturated carbocycles. The number of phenolic OH excluding ortho intramolecular Hbond substituents is 1. The number of rotatable bonds is 6. The number of hydrogen-bond acceptors (Lipinski definition) is 3. The van der Waals surface area contributed by atoms with Gasteiger partial charge in [0, 0.05) is 11.3 Å². The highest BCUT2D eigenvalue weighted by atomic mass is 32.2. The second-order valence-electron chi connectivity index (χ2n) is 6.50. The van der Waals surface area contributed by atoms with Crippen molar-refractivity contribution in [1.29, 1.82) is 0 Å². The third-order valence-corrected chi connectivity index (χ3v) is 6.13. The highest BCUT2D eigenvalue weighted by Gasteiger charge is 2.25. The van der Waals surface area contributed by atoms with Gasteiger partial charge in [0.05, 0.1) is 0 Å². The maximum Gasteiger partial charge on any atom is 0.119 e. The first kappa shape index (κ1) is 15.9. The first-order valence-electron chi connectivity index (χ1n) is 8.62. The number of phenols is 1. The Labute approximate surface area is 138 Å². The zero-order chi connectivity index (χ0) is 15.4. The van der Waals surface area contributed by atoms with Crippen molar-refractivity contribution in [1.82, 2.24) is 4.90 Å². The molecule has 0 spiro atoms. The molecule has 0 bridgehead atoms. The van der Waals surface area contributed by atoms with E-state index in [4.69, 9.17) is 0 Å².